The average molecular weight is 424 g/mol. The molecule has 31 heavy (non-hydrogen) atoms. The molecule has 1 aromatic carbocycles. The van der Waals surface area contributed by atoms with Crippen molar-refractivity contribution in [1.82, 2.24) is 0 Å². The highest BCUT2D eigenvalue weighted by Gasteiger charge is 2.50. The summed E-state index contributed by atoms with van der Waals surface area (Å²) in [6, 6.07) is 3.75. The average Bonchev–Trinajstić information content (AvgIpc) is 2.69. The summed E-state index contributed by atoms with van der Waals surface area (Å²) in [6.07, 6.45) is 3.06. The number of carbonyl (C=O) groups is 3. The van der Waals surface area contributed by atoms with Crippen LogP contribution in [0.25, 0.3) is 0 Å². The standard InChI is InChI=1S/C25H28O6/c1-4-5-8-31-18-7-6-12(2)16-10-14-9-15-11-17(27)19(13(3)26)23(28)21(15)24(29)20(14)25(30)22(16)18/h6-7,14-15,21,27,29H,4-5,8-11H2,1-3H3. The first kappa shape index (κ1) is 21.3. The molecule has 3 unspecified atom stereocenters. The number of ketones is 3. The maximum absolute atomic E-state index is 13.6. The second-order valence-electron chi connectivity index (χ2n) is 8.88. The number of aryl methyl sites for hydroxylation is 1. The van der Waals surface area contributed by atoms with E-state index in [1.54, 1.807) is 6.07 Å². The van der Waals surface area contributed by atoms with Crippen molar-refractivity contribution in [3.05, 3.63) is 51.5 Å². The molecule has 0 radical (unpaired) electrons. The number of aliphatic hydroxyl groups excluding tert-OH is 2. The fraction of sp³-hybridized carbons (Fsp3) is 0.480. The van der Waals surface area contributed by atoms with Gasteiger partial charge in [0.05, 0.1) is 23.7 Å². The number of Topliss-reactive ketones (excluding diaryl/α,β-unsaturated/α-hetero) is 3. The molecule has 3 aliphatic rings. The molecule has 0 aromatic heterocycles. The number of allylic oxidation sites excluding steroid dienone is 4. The van der Waals surface area contributed by atoms with Crippen molar-refractivity contribution in [3.63, 3.8) is 0 Å². The lowest BCUT2D eigenvalue weighted by Crippen LogP contribution is -2.42. The number of unbranched alkanes of at least 4 members (excludes halogenated alkanes) is 1. The van der Waals surface area contributed by atoms with Crippen molar-refractivity contribution in [2.75, 3.05) is 6.61 Å². The molecule has 6 heteroatoms. The third kappa shape index (κ3) is 3.38. The van der Waals surface area contributed by atoms with Gasteiger partial charge < -0.3 is 14.9 Å². The number of fused-ring (bicyclic) bond motifs is 3. The van der Waals surface area contributed by atoms with Crippen molar-refractivity contribution < 1.29 is 29.3 Å². The first-order valence-electron chi connectivity index (χ1n) is 11.0. The third-order valence-electron chi connectivity index (χ3n) is 6.85. The zero-order valence-electron chi connectivity index (χ0n) is 18.2. The number of ether oxygens (including phenoxy) is 1. The summed E-state index contributed by atoms with van der Waals surface area (Å²) < 4.78 is 5.90. The predicted molar refractivity (Wildman–Crippen MR) is 114 cm³/mol. The zero-order valence-corrected chi connectivity index (χ0v) is 18.2. The Bertz CT molecular complexity index is 1040. The number of carbonyl (C=O) groups excluding carboxylic acids is 3. The lowest BCUT2D eigenvalue weighted by atomic mass is 9.62. The minimum absolute atomic E-state index is 0.152. The van der Waals surface area contributed by atoms with Gasteiger partial charge in [-0.2, -0.15) is 0 Å². The van der Waals surface area contributed by atoms with Crippen LogP contribution in [0.2, 0.25) is 0 Å². The van der Waals surface area contributed by atoms with Crippen LogP contribution >= 0.6 is 0 Å². The molecule has 0 bridgehead atoms. The van der Waals surface area contributed by atoms with Crippen molar-refractivity contribution in [3.8, 4) is 5.75 Å². The number of benzene rings is 1. The van der Waals surface area contributed by atoms with Gasteiger partial charge in [0.2, 0.25) is 0 Å². The van der Waals surface area contributed by atoms with Crippen molar-refractivity contribution in [2.45, 2.75) is 52.9 Å². The molecule has 0 spiro atoms. The van der Waals surface area contributed by atoms with Gasteiger partial charge >= 0.3 is 0 Å². The van der Waals surface area contributed by atoms with Crippen LogP contribution < -0.4 is 4.74 Å². The van der Waals surface area contributed by atoms with Gasteiger partial charge in [-0.25, -0.2) is 0 Å². The third-order valence-corrected chi connectivity index (χ3v) is 6.85. The van der Waals surface area contributed by atoms with E-state index in [0.717, 1.165) is 24.0 Å². The topological polar surface area (TPSA) is 101 Å². The van der Waals surface area contributed by atoms with Gasteiger partial charge in [0.1, 0.15) is 17.3 Å². The van der Waals surface area contributed by atoms with Crippen LogP contribution in [0.15, 0.2) is 34.8 Å². The molecule has 0 aliphatic heterocycles. The summed E-state index contributed by atoms with van der Waals surface area (Å²) in [5.74, 6) is -2.87. The molecular formula is C25H28O6. The Labute approximate surface area is 181 Å². The smallest absolute Gasteiger partial charge is 0.196 e. The summed E-state index contributed by atoms with van der Waals surface area (Å²) in [6.45, 7) is 5.75. The number of hydrogen-bond donors (Lipinski definition) is 2. The van der Waals surface area contributed by atoms with Crippen LogP contribution in [-0.2, 0) is 16.0 Å². The van der Waals surface area contributed by atoms with E-state index in [-0.39, 0.29) is 46.7 Å². The normalized spacial score (nSPS) is 25.2. The quantitative estimate of drug-likeness (QED) is 0.538. The molecule has 6 nitrogen and oxygen atoms in total. The van der Waals surface area contributed by atoms with E-state index >= 15 is 0 Å². The van der Waals surface area contributed by atoms with Crippen LogP contribution in [0.4, 0.5) is 0 Å². The van der Waals surface area contributed by atoms with Gasteiger partial charge in [-0.1, -0.05) is 19.4 Å². The van der Waals surface area contributed by atoms with Gasteiger partial charge in [0, 0.05) is 12.0 Å². The van der Waals surface area contributed by atoms with Gasteiger partial charge in [-0.3, -0.25) is 14.4 Å². The second-order valence-corrected chi connectivity index (χ2v) is 8.88. The lowest BCUT2D eigenvalue weighted by Gasteiger charge is -2.41. The summed E-state index contributed by atoms with van der Waals surface area (Å²) in [4.78, 5) is 38.5. The molecule has 2 N–H and O–H groups in total. The van der Waals surface area contributed by atoms with Crippen molar-refractivity contribution in [1.29, 1.82) is 0 Å². The Kier molecular flexibility index (Phi) is 5.50. The van der Waals surface area contributed by atoms with Crippen molar-refractivity contribution >= 4 is 17.3 Å². The molecule has 3 atom stereocenters. The molecule has 0 fully saturated rings. The van der Waals surface area contributed by atoms with Gasteiger partial charge in [-0.05, 0) is 62.1 Å². The number of hydrogen-bond acceptors (Lipinski definition) is 6. The van der Waals surface area contributed by atoms with Crippen LogP contribution in [-0.4, -0.2) is 34.2 Å². The summed E-state index contributed by atoms with van der Waals surface area (Å²) in [5, 5.41) is 21.4. The molecule has 164 valence electrons. The fourth-order valence-electron chi connectivity index (χ4n) is 5.34. The molecular weight excluding hydrogens is 396 g/mol. The van der Waals surface area contributed by atoms with Crippen molar-refractivity contribution in [2.24, 2.45) is 17.8 Å². The minimum Gasteiger partial charge on any atom is -0.511 e. The monoisotopic (exact) mass is 424 g/mol. The minimum atomic E-state index is -0.958. The Morgan fingerprint density at radius 2 is 1.94 bits per heavy atom. The highest BCUT2D eigenvalue weighted by molar-refractivity contribution is 6.22. The van der Waals surface area contributed by atoms with Crippen LogP contribution in [0.5, 0.6) is 5.75 Å². The van der Waals surface area contributed by atoms with E-state index < -0.39 is 17.5 Å². The Hall–Kier alpha value is -2.89. The van der Waals surface area contributed by atoms with Crippen LogP contribution in [0.1, 0.15) is 61.0 Å². The van der Waals surface area contributed by atoms with Gasteiger partial charge in [0.25, 0.3) is 0 Å². The van der Waals surface area contributed by atoms with E-state index in [1.807, 2.05) is 13.0 Å². The Morgan fingerprint density at radius 1 is 1.19 bits per heavy atom. The molecule has 0 amide bonds. The Morgan fingerprint density at radius 3 is 2.61 bits per heavy atom. The summed E-state index contributed by atoms with van der Waals surface area (Å²) >= 11 is 0. The first-order chi connectivity index (χ1) is 14.8. The molecule has 3 aliphatic carbocycles. The zero-order chi connectivity index (χ0) is 22.4. The molecule has 0 heterocycles. The SMILES string of the molecule is CCCCOc1ccc(C)c2c1C(=O)C1=C(O)C3C(=O)C(C(C)=O)=C(O)CC3CC1C2. The van der Waals surface area contributed by atoms with Gasteiger partial charge in [0.15, 0.2) is 17.3 Å². The highest BCUT2D eigenvalue weighted by Crippen LogP contribution is 2.49. The fourth-order valence-corrected chi connectivity index (χ4v) is 5.34. The maximum Gasteiger partial charge on any atom is 0.196 e. The van der Waals surface area contributed by atoms with E-state index in [4.69, 9.17) is 4.74 Å². The molecule has 1 aromatic rings. The van der Waals surface area contributed by atoms with E-state index in [9.17, 15) is 24.6 Å². The summed E-state index contributed by atoms with van der Waals surface area (Å²) in [7, 11) is 0. The summed E-state index contributed by atoms with van der Waals surface area (Å²) in [5.41, 5.74) is 2.39. The number of aliphatic hydroxyl groups is 2. The van der Waals surface area contributed by atoms with E-state index in [2.05, 4.69) is 6.92 Å². The molecule has 0 saturated heterocycles. The largest absolute Gasteiger partial charge is 0.511 e. The molecule has 0 saturated carbocycles. The van der Waals surface area contributed by atoms with Gasteiger partial charge in [-0.15, -0.1) is 0 Å². The number of rotatable bonds is 5. The maximum atomic E-state index is 13.6. The highest BCUT2D eigenvalue weighted by atomic mass is 16.5. The van der Waals surface area contributed by atoms with E-state index in [1.165, 1.54) is 6.92 Å². The Balaban J connectivity index is 1.79. The van der Waals surface area contributed by atoms with E-state index in [0.29, 0.717) is 30.8 Å². The first-order valence-corrected chi connectivity index (χ1v) is 11.0. The predicted octanol–water partition coefficient (Wildman–Crippen LogP) is 4.35. The van der Waals surface area contributed by atoms with Crippen LogP contribution in [0.3, 0.4) is 0 Å². The van der Waals surface area contributed by atoms with Crippen LogP contribution in [0, 0.1) is 24.7 Å². The lowest BCUT2D eigenvalue weighted by molar-refractivity contribution is -0.125. The second kappa shape index (κ2) is 7.98. The molecule has 4 rings (SSSR count).